The highest BCUT2D eigenvalue weighted by Crippen LogP contribution is 2.10. The number of rotatable bonds is 7. The lowest BCUT2D eigenvalue weighted by Crippen LogP contribution is -2.29. The standard InChI is InChI=1S/C15H21N3O/c1-16-13(12-14-8-10-18(2)17-14)9-11-19-15-6-4-3-5-7-15/h3-8,10,13,16H,9,11-12H2,1-2H3. The zero-order valence-corrected chi connectivity index (χ0v) is 11.5. The molecule has 0 aliphatic carbocycles. The van der Waals surface area contributed by atoms with Gasteiger partial charge in [0.05, 0.1) is 12.3 Å². The van der Waals surface area contributed by atoms with Gasteiger partial charge in [-0.05, 0) is 31.7 Å². The van der Waals surface area contributed by atoms with Gasteiger partial charge in [0, 0.05) is 25.7 Å². The molecular weight excluding hydrogens is 238 g/mol. The molecule has 1 atom stereocenters. The number of benzene rings is 1. The van der Waals surface area contributed by atoms with Crippen LogP contribution in [0.5, 0.6) is 5.75 Å². The van der Waals surface area contributed by atoms with Crippen molar-refractivity contribution in [1.82, 2.24) is 15.1 Å². The highest BCUT2D eigenvalue weighted by atomic mass is 16.5. The van der Waals surface area contributed by atoms with Gasteiger partial charge in [0.25, 0.3) is 0 Å². The van der Waals surface area contributed by atoms with E-state index >= 15 is 0 Å². The number of ether oxygens (including phenoxy) is 1. The highest BCUT2D eigenvalue weighted by Gasteiger charge is 2.09. The van der Waals surface area contributed by atoms with Crippen molar-refractivity contribution >= 4 is 0 Å². The molecule has 102 valence electrons. The van der Waals surface area contributed by atoms with Crippen LogP contribution in [0.15, 0.2) is 42.6 Å². The largest absolute Gasteiger partial charge is 0.494 e. The van der Waals surface area contributed by atoms with Crippen molar-refractivity contribution in [3.05, 3.63) is 48.3 Å². The molecule has 1 N–H and O–H groups in total. The lowest BCUT2D eigenvalue weighted by atomic mass is 10.1. The average molecular weight is 259 g/mol. The maximum absolute atomic E-state index is 5.72. The van der Waals surface area contributed by atoms with Crippen molar-refractivity contribution in [2.75, 3.05) is 13.7 Å². The van der Waals surface area contributed by atoms with Crippen LogP contribution in [0.3, 0.4) is 0 Å². The molecule has 1 aromatic heterocycles. The minimum absolute atomic E-state index is 0.388. The maximum atomic E-state index is 5.72. The van der Waals surface area contributed by atoms with E-state index in [0.29, 0.717) is 12.6 Å². The van der Waals surface area contributed by atoms with Gasteiger partial charge in [-0.1, -0.05) is 18.2 Å². The fourth-order valence-corrected chi connectivity index (χ4v) is 2.01. The van der Waals surface area contributed by atoms with E-state index < -0.39 is 0 Å². The van der Waals surface area contributed by atoms with Crippen LogP contribution in [0.2, 0.25) is 0 Å². The van der Waals surface area contributed by atoms with Crippen LogP contribution in [0, 0.1) is 0 Å². The zero-order valence-electron chi connectivity index (χ0n) is 11.5. The van der Waals surface area contributed by atoms with Crippen LogP contribution >= 0.6 is 0 Å². The van der Waals surface area contributed by atoms with Gasteiger partial charge < -0.3 is 10.1 Å². The molecule has 2 rings (SSSR count). The van der Waals surface area contributed by atoms with E-state index in [1.165, 1.54) is 0 Å². The lowest BCUT2D eigenvalue weighted by molar-refractivity contribution is 0.288. The van der Waals surface area contributed by atoms with E-state index in [0.717, 1.165) is 24.3 Å². The molecule has 0 fully saturated rings. The summed E-state index contributed by atoms with van der Waals surface area (Å²) >= 11 is 0. The fraction of sp³-hybridized carbons (Fsp3) is 0.400. The van der Waals surface area contributed by atoms with Crippen molar-refractivity contribution in [2.45, 2.75) is 18.9 Å². The Labute approximate surface area is 114 Å². The van der Waals surface area contributed by atoms with Crippen LogP contribution < -0.4 is 10.1 Å². The molecule has 0 aliphatic rings. The first-order chi connectivity index (χ1) is 9.28. The maximum Gasteiger partial charge on any atom is 0.119 e. The second-order valence-corrected chi connectivity index (χ2v) is 4.62. The second kappa shape index (κ2) is 6.95. The van der Waals surface area contributed by atoms with E-state index in [1.807, 2.05) is 55.3 Å². The number of nitrogens with one attached hydrogen (secondary N) is 1. The lowest BCUT2D eigenvalue weighted by Gasteiger charge is -2.15. The van der Waals surface area contributed by atoms with Crippen molar-refractivity contribution < 1.29 is 4.74 Å². The Morgan fingerprint density at radius 3 is 2.68 bits per heavy atom. The number of hydrogen-bond acceptors (Lipinski definition) is 3. The fourth-order valence-electron chi connectivity index (χ4n) is 2.01. The summed E-state index contributed by atoms with van der Waals surface area (Å²) in [5, 5.41) is 7.72. The van der Waals surface area contributed by atoms with Gasteiger partial charge >= 0.3 is 0 Å². The van der Waals surface area contributed by atoms with Crippen molar-refractivity contribution in [1.29, 1.82) is 0 Å². The Balaban J connectivity index is 1.76. The molecular formula is C15H21N3O. The Bertz CT molecular complexity index is 481. The number of aryl methyl sites for hydroxylation is 1. The van der Waals surface area contributed by atoms with Gasteiger partial charge in [0.2, 0.25) is 0 Å². The summed E-state index contributed by atoms with van der Waals surface area (Å²) in [6.07, 6.45) is 3.86. The quantitative estimate of drug-likeness (QED) is 0.827. The molecule has 0 spiro atoms. The van der Waals surface area contributed by atoms with Crippen molar-refractivity contribution in [3.8, 4) is 5.75 Å². The summed E-state index contributed by atoms with van der Waals surface area (Å²) in [7, 11) is 3.92. The molecule has 0 radical (unpaired) electrons. The summed E-state index contributed by atoms with van der Waals surface area (Å²) in [5.41, 5.74) is 1.11. The van der Waals surface area contributed by atoms with Gasteiger partial charge in [0.15, 0.2) is 0 Å². The molecule has 2 aromatic rings. The van der Waals surface area contributed by atoms with Gasteiger partial charge in [-0.15, -0.1) is 0 Å². The summed E-state index contributed by atoms with van der Waals surface area (Å²) in [5.74, 6) is 0.926. The van der Waals surface area contributed by atoms with Gasteiger partial charge in [-0.2, -0.15) is 5.10 Å². The van der Waals surface area contributed by atoms with Crippen LogP contribution in [0.4, 0.5) is 0 Å². The minimum atomic E-state index is 0.388. The molecule has 1 aromatic carbocycles. The number of hydrogen-bond donors (Lipinski definition) is 1. The number of nitrogens with zero attached hydrogens (tertiary/aromatic N) is 2. The zero-order chi connectivity index (χ0) is 13.5. The Hall–Kier alpha value is -1.81. The van der Waals surface area contributed by atoms with E-state index in [4.69, 9.17) is 4.74 Å². The Morgan fingerprint density at radius 1 is 1.26 bits per heavy atom. The van der Waals surface area contributed by atoms with E-state index in [2.05, 4.69) is 16.5 Å². The predicted molar refractivity (Wildman–Crippen MR) is 76.3 cm³/mol. The van der Waals surface area contributed by atoms with Gasteiger partial charge in [-0.3, -0.25) is 4.68 Å². The molecule has 4 heteroatoms. The first-order valence-electron chi connectivity index (χ1n) is 6.61. The monoisotopic (exact) mass is 259 g/mol. The predicted octanol–water partition coefficient (Wildman–Crippen LogP) is 2.02. The SMILES string of the molecule is CNC(CCOc1ccccc1)Cc1ccn(C)n1. The van der Waals surface area contributed by atoms with E-state index in [1.54, 1.807) is 0 Å². The van der Waals surface area contributed by atoms with Crippen LogP contribution in [0.25, 0.3) is 0 Å². The van der Waals surface area contributed by atoms with Gasteiger partial charge in [0.1, 0.15) is 5.75 Å². The van der Waals surface area contributed by atoms with Crippen LogP contribution in [-0.4, -0.2) is 29.5 Å². The first-order valence-corrected chi connectivity index (χ1v) is 6.61. The molecule has 19 heavy (non-hydrogen) atoms. The number of likely N-dealkylation sites (N-methyl/N-ethyl adjacent to an activating group) is 1. The molecule has 0 aliphatic heterocycles. The molecule has 0 saturated heterocycles. The third kappa shape index (κ3) is 4.41. The number of aromatic nitrogens is 2. The summed E-state index contributed by atoms with van der Waals surface area (Å²) in [6, 6.07) is 12.4. The second-order valence-electron chi connectivity index (χ2n) is 4.62. The van der Waals surface area contributed by atoms with E-state index in [-0.39, 0.29) is 0 Å². The van der Waals surface area contributed by atoms with Crippen molar-refractivity contribution in [3.63, 3.8) is 0 Å². The highest BCUT2D eigenvalue weighted by molar-refractivity contribution is 5.20. The van der Waals surface area contributed by atoms with Crippen LogP contribution in [-0.2, 0) is 13.5 Å². The molecule has 1 unspecified atom stereocenters. The normalized spacial score (nSPS) is 12.3. The Morgan fingerprint density at radius 2 is 2.05 bits per heavy atom. The summed E-state index contributed by atoms with van der Waals surface area (Å²) in [6.45, 7) is 0.711. The van der Waals surface area contributed by atoms with E-state index in [9.17, 15) is 0 Å². The smallest absolute Gasteiger partial charge is 0.119 e. The molecule has 1 heterocycles. The molecule has 4 nitrogen and oxygen atoms in total. The topological polar surface area (TPSA) is 39.1 Å². The molecule has 0 bridgehead atoms. The van der Waals surface area contributed by atoms with Gasteiger partial charge in [-0.25, -0.2) is 0 Å². The summed E-state index contributed by atoms with van der Waals surface area (Å²) in [4.78, 5) is 0. The minimum Gasteiger partial charge on any atom is -0.494 e. The molecule has 0 amide bonds. The average Bonchev–Trinajstić information content (AvgIpc) is 2.84. The first kappa shape index (κ1) is 13.6. The van der Waals surface area contributed by atoms with Crippen molar-refractivity contribution in [2.24, 2.45) is 7.05 Å². The third-order valence-corrected chi connectivity index (χ3v) is 3.11. The Kier molecular flexibility index (Phi) is 4.98. The third-order valence-electron chi connectivity index (χ3n) is 3.11. The van der Waals surface area contributed by atoms with Crippen LogP contribution in [0.1, 0.15) is 12.1 Å². The summed E-state index contributed by atoms with van der Waals surface area (Å²) < 4.78 is 7.55. The molecule has 0 saturated carbocycles. The number of para-hydroxylation sites is 1.